The van der Waals surface area contributed by atoms with Gasteiger partial charge in [-0.25, -0.2) is 0 Å². The molecule has 1 saturated heterocycles. The van der Waals surface area contributed by atoms with Gasteiger partial charge in [0.15, 0.2) is 6.29 Å². The van der Waals surface area contributed by atoms with E-state index in [1.807, 2.05) is 60.7 Å². The summed E-state index contributed by atoms with van der Waals surface area (Å²) in [6.45, 7) is 5.83. The third-order valence-corrected chi connectivity index (χ3v) is 6.42. The Labute approximate surface area is 214 Å². The van der Waals surface area contributed by atoms with E-state index in [0.29, 0.717) is 32.8 Å². The maximum Gasteiger partial charge on any atom is 0.184 e. The lowest BCUT2D eigenvalue weighted by molar-refractivity contribution is -0.303. The number of methoxy groups -OCH3 is 1. The van der Waals surface area contributed by atoms with Crippen molar-refractivity contribution in [1.29, 1.82) is 0 Å². The van der Waals surface area contributed by atoms with E-state index in [0.717, 1.165) is 16.7 Å². The Kier molecular flexibility index (Phi) is 10.3. The van der Waals surface area contributed by atoms with E-state index in [1.54, 1.807) is 7.11 Å². The molecule has 4 rings (SSSR count). The normalized spacial score (nSPS) is 23.9. The molecule has 1 aliphatic rings. The molecule has 0 spiro atoms. The smallest absolute Gasteiger partial charge is 0.184 e. The number of hydrogen-bond donors (Lipinski definition) is 0. The fraction of sp³-hybridized carbons (Fsp3) is 0.355. The number of rotatable bonds is 13. The number of benzene rings is 3. The highest BCUT2D eigenvalue weighted by Gasteiger charge is 2.47. The van der Waals surface area contributed by atoms with Crippen LogP contribution < -0.4 is 0 Å². The molecule has 5 heteroatoms. The van der Waals surface area contributed by atoms with Crippen molar-refractivity contribution in [3.05, 3.63) is 120 Å². The van der Waals surface area contributed by atoms with Gasteiger partial charge in [-0.1, -0.05) is 97.1 Å². The zero-order valence-electron chi connectivity index (χ0n) is 20.9. The fourth-order valence-electron chi connectivity index (χ4n) is 4.61. The summed E-state index contributed by atoms with van der Waals surface area (Å²) in [4.78, 5) is 0. The second kappa shape index (κ2) is 14.1. The van der Waals surface area contributed by atoms with Crippen molar-refractivity contribution in [2.45, 2.75) is 50.8 Å². The van der Waals surface area contributed by atoms with Gasteiger partial charge in [-0.15, -0.1) is 6.58 Å². The van der Waals surface area contributed by atoms with Crippen LogP contribution in [0.1, 0.15) is 23.1 Å². The van der Waals surface area contributed by atoms with E-state index in [2.05, 4.69) is 43.0 Å². The first-order valence-corrected chi connectivity index (χ1v) is 12.5. The molecule has 1 fully saturated rings. The molecule has 0 radical (unpaired) electrons. The molecule has 0 saturated carbocycles. The largest absolute Gasteiger partial charge is 0.374 e. The van der Waals surface area contributed by atoms with Crippen molar-refractivity contribution in [2.75, 3.05) is 13.7 Å². The molecule has 0 aromatic heterocycles. The van der Waals surface area contributed by atoms with E-state index in [-0.39, 0.29) is 24.2 Å². The number of hydrogen-bond acceptors (Lipinski definition) is 5. The Morgan fingerprint density at radius 3 is 1.72 bits per heavy atom. The molecule has 5 nitrogen and oxygen atoms in total. The third kappa shape index (κ3) is 7.36. The Morgan fingerprint density at radius 1 is 0.722 bits per heavy atom. The van der Waals surface area contributed by atoms with E-state index < -0.39 is 6.29 Å². The minimum atomic E-state index is -0.541. The quantitative estimate of drug-likeness (QED) is 0.279. The van der Waals surface area contributed by atoms with Gasteiger partial charge in [0, 0.05) is 13.0 Å². The van der Waals surface area contributed by atoms with Crippen molar-refractivity contribution < 1.29 is 23.7 Å². The van der Waals surface area contributed by atoms with Crippen LogP contribution in [0.15, 0.2) is 104 Å². The Bertz CT molecular complexity index is 1010. The lowest BCUT2D eigenvalue weighted by atomic mass is 9.86. The standard InChI is InChI=1S/C31H36O5/c1-3-13-27-29(34-21-25-16-9-5-10-17-25)28(23-33-20-24-14-7-4-8-15-24)36-31(32-2)30(27)35-22-26-18-11-6-12-19-26/h3-12,14-19,27-31H,1,13,20-23H2,2H3/t27-,28+,29+,30+,31-/m0/s1. The summed E-state index contributed by atoms with van der Waals surface area (Å²) in [5, 5.41) is 0. The Hall–Kier alpha value is -2.80. The minimum absolute atomic E-state index is 0.0149. The molecule has 3 aromatic rings. The molecule has 5 atom stereocenters. The highest BCUT2D eigenvalue weighted by atomic mass is 16.7. The summed E-state index contributed by atoms with van der Waals surface area (Å²) in [7, 11) is 1.65. The van der Waals surface area contributed by atoms with Gasteiger partial charge in [0.25, 0.3) is 0 Å². The average molecular weight is 489 g/mol. The lowest BCUT2D eigenvalue weighted by Crippen LogP contribution is -2.57. The zero-order valence-corrected chi connectivity index (χ0v) is 20.9. The van der Waals surface area contributed by atoms with E-state index >= 15 is 0 Å². The van der Waals surface area contributed by atoms with Gasteiger partial charge in [0.1, 0.15) is 12.2 Å². The monoisotopic (exact) mass is 488 g/mol. The summed E-state index contributed by atoms with van der Waals surface area (Å²) < 4.78 is 31.3. The van der Waals surface area contributed by atoms with Gasteiger partial charge in [-0.05, 0) is 23.1 Å². The number of allylic oxidation sites excluding steroid dienone is 1. The van der Waals surface area contributed by atoms with Crippen molar-refractivity contribution >= 4 is 0 Å². The van der Waals surface area contributed by atoms with Crippen LogP contribution in [0.2, 0.25) is 0 Å². The summed E-state index contributed by atoms with van der Waals surface area (Å²) in [5.74, 6) is -0.0149. The van der Waals surface area contributed by atoms with Crippen molar-refractivity contribution in [1.82, 2.24) is 0 Å². The van der Waals surface area contributed by atoms with Crippen LogP contribution in [0, 0.1) is 5.92 Å². The summed E-state index contributed by atoms with van der Waals surface area (Å²) in [5.41, 5.74) is 3.32. The van der Waals surface area contributed by atoms with Crippen LogP contribution in [-0.4, -0.2) is 38.3 Å². The molecule has 0 bridgehead atoms. The van der Waals surface area contributed by atoms with E-state index in [9.17, 15) is 0 Å². The molecule has 0 amide bonds. The molecule has 0 unspecified atom stereocenters. The lowest BCUT2D eigenvalue weighted by Gasteiger charge is -2.45. The van der Waals surface area contributed by atoms with E-state index in [1.165, 1.54) is 0 Å². The van der Waals surface area contributed by atoms with Gasteiger partial charge < -0.3 is 23.7 Å². The highest BCUT2D eigenvalue weighted by molar-refractivity contribution is 5.15. The Balaban J connectivity index is 1.51. The van der Waals surface area contributed by atoms with E-state index in [4.69, 9.17) is 23.7 Å². The van der Waals surface area contributed by atoms with Crippen molar-refractivity contribution in [3.63, 3.8) is 0 Å². The molecule has 3 aromatic carbocycles. The van der Waals surface area contributed by atoms with Crippen LogP contribution in [0.5, 0.6) is 0 Å². The number of ether oxygens (including phenoxy) is 5. The van der Waals surface area contributed by atoms with Crippen LogP contribution in [0.3, 0.4) is 0 Å². The molecular weight excluding hydrogens is 452 g/mol. The summed E-state index contributed by atoms with van der Waals surface area (Å²) in [6, 6.07) is 30.4. The second-order valence-corrected chi connectivity index (χ2v) is 8.99. The van der Waals surface area contributed by atoms with Crippen molar-refractivity contribution in [2.24, 2.45) is 5.92 Å². The van der Waals surface area contributed by atoms with Crippen LogP contribution in [0.4, 0.5) is 0 Å². The van der Waals surface area contributed by atoms with Gasteiger partial charge >= 0.3 is 0 Å². The van der Waals surface area contributed by atoms with Gasteiger partial charge in [0.05, 0.1) is 32.5 Å². The average Bonchev–Trinajstić information content (AvgIpc) is 2.93. The topological polar surface area (TPSA) is 46.2 Å². The van der Waals surface area contributed by atoms with Gasteiger partial charge in [-0.2, -0.15) is 0 Å². The first-order valence-electron chi connectivity index (χ1n) is 12.5. The zero-order chi connectivity index (χ0) is 25.0. The van der Waals surface area contributed by atoms with Gasteiger partial charge in [-0.3, -0.25) is 0 Å². The maximum absolute atomic E-state index is 6.54. The maximum atomic E-state index is 6.54. The molecule has 1 heterocycles. The summed E-state index contributed by atoms with van der Waals surface area (Å²) >= 11 is 0. The Morgan fingerprint density at radius 2 is 1.22 bits per heavy atom. The minimum Gasteiger partial charge on any atom is -0.374 e. The van der Waals surface area contributed by atoms with Crippen LogP contribution in [0.25, 0.3) is 0 Å². The highest BCUT2D eigenvalue weighted by Crippen LogP contribution is 2.35. The third-order valence-electron chi connectivity index (χ3n) is 6.42. The molecular formula is C31H36O5. The van der Waals surface area contributed by atoms with Gasteiger partial charge in [0.2, 0.25) is 0 Å². The van der Waals surface area contributed by atoms with Crippen molar-refractivity contribution in [3.8, 4) is 0 Å². The predicted octanol–water partition coefficient (Wildman–Crippen LogP) is 5.94. The van der Waals surface area contributed by atoms with Crippen LogP contribution in [-0.2, 0) is 43.5 Å². The first-order chi connectivity index (χ1) is 17.8. The predicted molar refractivity (Wildman–Crippen MR) is 140 cm³/mol. The molecule has 36 heavy (non-hydrogen) atoms. The molecule has 190 valence electrons. The fourth-order valence-corrected chi connectivity index (χ4v) is 4.61. The SMILES string of the molecule is C=CC[C@H]1[C@@H](OCc2ccccc2)[C@@H](COCc2ccccc2)O[C@H](OC)[C@@H]1OCc1ccccc1. The van der Waals surface area contributed by atoms with Crippen LogP contribution >= 0.6 is 0 Å². The molecule has 0 N–H and O–H groups in total. The molecule has 1 aliphatic heterocycles. The first kappa shape index (κ1) is 26.3. The second-order valence-electron chi connectivity index (χ2n) is 8.99. The summed E-state index contributed by atoms with van der Waals surface area (Å²) in [6.07, 6.45) is 1.19. The molecule has 0 aliphatic carbocycles.